The molecule has 1 saturated heterocycles. The van der Waals surface area contributed by atoms with Gasteiger partial charge in [-0.3, -0.25) is 0 Å². The van der Waals surface area contributed by atoms with E-state index in [1.807, 2.05) is 0 Å². The van der Waals surface area contributed by atoms with Crippen molar-refractivity contribution in [2.24, 2.45) is 0 Å². The third-order valence-corrected chi connectivity index (χ3v) is 5.17. The minimum absolute atomic E-state index is 0.153. The van der Waals surface area contributed by atoms with Crippen LogP contribution in [0.4, 0.5) is 0 Å². The van der Waals surface area contributed by atoms with Crippen LogP contribution in [0.15, 0.2) is 16.3 Å². The minimum atomic E-state index is -3.79. The van der Waals surface area contributed by atoms with Gasteiger partial charge in [-0.05, 0) is 24.3 Å². The monoisotopic (exact) mass is 290 g/mol. The van der Waals surface area contributed by atoms with E-state index in [0.29, 0.717) is 13.1 Å². The summed E-state index contributed by atoms with van der Waals surface area (Å²) in [6, 6.07) is 1.32. The highest BCUT2D eigenvalue weighted by Gasteiger charge is 2.26. The van der Waals surface area contributed by atoms with Gasteiger partial charge in [-0.2, -0.15) is 0 Å². The molecule has 0 bridgehead atoms. The van der Waals surface area contributed by atoms with Gasteiger partial charge in [-0.1, -0.05) is 6.42 Å². The zero-order chi connectivity index (χ0) is 13.2. The van der Waals surface area contributed by atoms with Crippen molar-refractivity contribution in [3.8, 4) is 0 Å². The standard InChI is InChI=1S/C10H14N2O4S2/c13-10(14)9-8(4-7-17-9)18(15,16)11-12-5-2-1-3-6-12/h4,7,11H,1-3,5-6H2,(H,13,14). The maximum Gasteiger partial charge on any atom is 0.347 e. The van der Waals surface area contributed by atoms with E-state index >= 15 is 0 Å². The molecule has 2 heterocycles. The van der Waals surface area contributed by atoms with Gasteiger partial charge in [0.25, 0.3) is 10.0 Å². The molecule has 100 valence electrons. The Balaban J connectivity index is 2.19. The number of nitrogens with zero attached hydrogens (tertiary/aromatic N) is 1. The molecule has 1 aromatic heterocycles. The lowest BCUT2D eigenvalue weighted by atomic mass is 10.2. The average Bonchev–Trinajstić information content (AvgIpc) is 2.79. The van der Waals surface area contributed by atoms with Crippen molar-refractivity contribution in [1.29, 1.82) is 0 Å². The van der Waals surface area contributed by atoms with Crippen molar-refractivity contribution < 1.29 is 18.3 Å². The summed E-state index contributed by atoms with van der Waals surface area (Å²) in [6.45, 7) is 1.32. The Hall–Kier alpha value is -0.960. The number of carboxylic acids is 1. The van der Waals surface area contributed by atoms with E-state index in [4.69, 9.17) is 5.11 Å². The van der Waals surface area contributed by atoms with Crippen LogP contribution in [0, 0.1) is 0 Å². The largest absolute Gasteiger partial charge is 0.477 e. The molecule has 2 rings (SSSR count). The lowest BCUT2D eigenvalue weighted by molar-refractivity contribution is 0.0698. The molecule has 0 aliphatic carbocycles. The van der Waals surface area contributed by atoms with Crippen LogP contribution in [0.2, 0.25) is 0 Å². The third kappa shape index (κ3) is 2.89. The fourth-order valence-electron chi connectivity index (χ4n) is 1.87. The maximum absolute atomic E-state index is 12.1. The summed E-state index contributed by atoms with van der Waals surface area (Å²) in [4.78, 5) is 13.1. The average molecular weight is 290 g/mol. The van der Waals surface area contributed by atoms with Crippen molar-refractivity contribution in [2.45, 2.75) is 24.2 Å². The number of piperidine rings is 1. The van der Waals surface area contributed by atoms with E-state index in [1.54, 1.807) is 5.01 Å². The highest BCUT2D eigenvalue weighted by atomic mass is 32.2. The third-order valence-electron chi connectivity index (χ3n) is 2.72. The van der Waals surface area contributed by atoms with Crippen LogP contribution in [0.5, 0.6) is 0 Å². The molecule has 0 radical (unpaired) electrons. The second-order valence-corrected chi connectivity index (χ2v) is 6.61. The van der Waals surface area contributed by atoms with E-state index in [2.05, 4.69) is 4.83 Å². The van der Waals surface area contributed by atoms with Gasteiger partial charge >= 0.3 is 5.97 Å². The first-order chi connectivity index (χ1) is 8.50. The molecular formula is C10H14N2O4S2. The number of nitrogens with one attached hydrogen (secondary N) is 1. The lowest BCUT2D eigenvalue weighted by Gasteiger charge is -2.26. The number of hydrazine groups is 1. The Labute approximate surface area is 109 Å². The summed E-state index contributed by atoms with van der Waals surface area (Å²) in [6.07, 6.45) is 2.98. The maximum atomic E-state index is 12.1. The Kier molecular flexibility index (Phi) is 4.00. The Bertz CT molecular complexity index is 532. The Morgan fingerprint density at radius 3 is 2.61 bits per heavy atom. The van der Waals surface area contributed by atoms with Crippen LogP contribution in [0.25, 0.3) is 0 Å². The van der Waals surface area contributed by atoms with Gasteiger partial charge in [0, 0.05) is 13.1 Å². The van der Waals surface area contributed by atoms with Gasteiger partial charge in [0.1, 0.15) is 9.77 Å². The normalized spacial score (nSPS) is 17.8. The summed E-state index contributed by atoms with van der Waals surface area (Å²) < 4.78 is 24.2. The van der Waals surface area contributed by atoms with Crippen LogP contribution in [-0.4, -0.2) is 37.6 Å². The van der Waals surface area contributed by atoms with Crippen LogP contribution in [0.3, 0.4) is 0 Å². The molecule has 0 atom stereocenters. The number of aromatic carboxylic acids is 1. The van der Waals surface area contributed by atoms with Crippen LogP contribution in [-0.2, 0) is 10.0 Å². The summed E-state index contributed by atoms with van der Waals surface area (Å²) in [5, 5.41) is 12.0. The second-order valence-electron chi connectivity index (χ2n) is 4.06. The van der Waals surface area contributed by atoms with Crippen molar-refractivity contribution in [2.75, 3.05) is 13.1 Å². The molecule has 1 aliphatic heterocycles. The molecule has 18 heavy (non-hydrogen) atoms. The molecule has 8 heteroatoms. The van der Waals surface area contributed by atoms with Crippen molar-refractivity contribution >= 4 is 27.3 Å². The van der Waals surface area contributed by atoms with E-state index in [9.17, 15) is 13.2 Å². The highest BCUT2D eigenvalue weighted by Crippen LogP contribution is 2.22. The quantitative estimate of drug-likeness (QED) is 0.868. The summed E-state index contributed by atoms with van der Waals surface area (Å²) in [7, 11) is -3.79. The molecule has 0 amide bonds. The number of hydrogen-bond donors (Lipinski definition) is 2. The number of carbonyl (C=O) groups is 1. The molecule has 2 N–H and O–H groups in total. The predicted molar refractivity (Wildman–Crippen MR) is 67.0 cm³/mol. The minimum Gasteiger partial charge on any atom is -0.477 e. The molecule has 1 fully saturated rings. The van der Waals surface area contributed by atoms with Gasteiger partial charge in [0.2, 0.25) is 0 Å². The SMILES string of the molecule is O=C(O)c1sccc1S(=O)(=O)NN1CCCCC1. The molecule has 1 aliphatic rings. The number of sulfonamides is 1. The van der Waals surface area contributed by atoms with E-state index in [0.717, 1.165) is 30.6 Å². The summed E-state index contributed by atoms with van der Waals surface area (Å²) in [5.74, 6) is -1.22. The number of thiophene rings is 1. The zero-order valence-corrected chi connectivity index (χ0v) is 11.3. The van der Waals surface area contributed by atoms with E-state index in [-0.39, 0.29) is 9.77 Å². The van der Waals surface area contributed by atoms with Crippen molar-refractivity contribution in [3.05, 3.63) is 16.3 Å². The van der Waals surface area contributed by atoms with Gasteiger partial charge in [0.05, 0.1) is 0 Å². The zero-order valence-electron chi connectivity index (χ0n) is 9.63. The molecule has 0 aromatic carbocycles. The first-order valence-corrected chi connectivity index (χ1v) is 7.95. The summed E-state index contributed by atoms with van der Waals surface area (Å²) >= 11 is 0.909. The van der Waals surface area contributed by atoms with Crippen molar-refractivity contribution in [1.82, 2.24) is 9.84 Å². The fourth-order valence-corrected chi connectivity index (χ4v) is 4.25. The van der Waals surface area contributed by atoms with E-state index in [1.165, 1.54) is 11.4 Å². The molecule has 0 saturated carbocycles. The first kappa shape index (κ1) is 13.5. The Morgan fingerprint density at radius 2 is 2.00 bits per heavy atom. The van der Waals surface area contributed by atoms with Crippen LogP contribution >= 0.6 is 11.3 Å². The second kappa shape index (κ2) is 5.35. The van der Waals surface area contributed by atoms with Crippen LogP contribution in [0.1, 0.15) is 28.9 Å². The van der Waals surface area contributed by atoms with Crippen molar-refractivity contribution in [3.63, 3.8) is 0 Å². The molecule has 0 unspecified atom stereocenters. The number of hydrogen-bond acceptors (Lipinski definition) is 5. The summed E-state index contributed by atoms with van der Waals surface area (Å²) in [5.41, 5.74) is 0. The fraction of sp³-hybridized carbons (Fsp3) is 0.500. The lowest BCUT2D eigenvalue weighted by Crippen LogP contribution is -2.45. The number of carboxylic acid groups (broad SMARTS) is 1. The molecule has 6 nitrogen and oxygen atoms in total. The number of rotatable bonds is 4. The smallest absolute Gasteiger partial charge is 0.347 e. The first-order valence-electron chi connectivity index (χ1n) is 5.59. The van der Waals surface area contributed by atoms with Gasteiger partial charge in [-0.25, -0.2) is 18.2 Å². The van der Waals surface area contributed by atoms with Crippen LogP contribution < -0.4 is 4.83 Å². The highest BCUT2D eigenvalue weighted by molar-refractivity contribution is 7.89. The predicted octanol–water partition coefficient (Wildman–Crippen LogP) is 1.13. The van der Waals surface area contributed by atoms with E-state index < -0.39 is 16.0 Å². The molecular weight excluding hydrogens is 276 g/mol. The molecule has 1 aromatic rings. The topological polar surface area (TPSA) is 86.7 Å². The molecule has 0 spiro atoms. The van der Waals surface area contributed by atoms with Gasteiger partial charge in [0.15, 0.2) is 0 Å². The Morgan fingerprint density at radius 1 is 1.33 bits per heavy atom. The van der Waals surface area contributed by atoms with Gasteiger partial charge < -0.3 is 5.11 Å². The van der Waals surface area contributed by atoms with Gasteiger partial charge in [-0.15, -0.1) is 16.2 Å².